The smallest absolute Gasteiger partial charge is 0.335 e. The molecule has 0 atom stereocenters. The van der Waals surface area contributed by atoms with E-state index in [4.69, 9.17) is 9.84 Å². The summed E-state index contributed by atoms with van der Waals surface area (Å²) in [5.74, 6) is 0.756. The Bertz CT molecular complexity index is 926. The summed E-state index contributed by atoms with van der Waals surface area (Å²) < 4.78 is 5.32. The van der Waals surface area contributed by atoms with Crippen LogP contribution in [0.3, 0.4) is 0 Å². The molecule has 1 heterocycles. The lowest BCUT2D eigenvalue weighted by Gasteiger charge is -2.12. The first kappa shape index (κ1) is 17.2. The fraction of sp³-hybridized carbons (Fsp3) is 0.105. The van der Waals surface area contributed by atoms with Crippen LogP contribution in [0.5, 0.6) is 5.75 Å². The molecular formula is C19H18N4O3. The third-order valence-electron chi connectivity index (χ3n) is 3.61. The predicted molar refractivity (Wildman–Crippen MR) is 99.7 cm³/mol. The minimum atomic E-state index is -0.960. The Morgan fingerprint density at radius 1 is 1.04 bits per heavy atom. The molecule has 0 aliphatic rings. The molecule has 0 radical (unpaired) electrons. The van der Waals surface area contributed by atoms with Crippen LogP contribution in [0.4, 0.5) is 23.1 Å². The summed E-state index contributed by atoms with van der Waals surface area (Å²) in [6.07, 6.45) is 0. The molecule has 2 aromatic carbocycles. The molecule has 0 saturated carbocycles. The van der Waals surface area contributed by atoms with Gasteiger partial charge in [-0.15, -0.1) is 0 Å². The van der Waals surface area contributed by atoms with Crippen molar-refractivity contribution in [2.45, 2.75) is 6.92 Å². The van der Waals surface area contributed by atoms with Crippen LogP contribution >= 0.6 is 0 Å². The standard InChI is InChI=1S/C19H18N4O3/c1-12-11-17(21-14-9-7-13(8-10-14)18(24)25)23-19(20-12)22-15-5-3-4-6-16(15)26-2/h3-11H,1-2H3,(H,24,25)(H2,20,21,22,23). The molecule has 1 aromatic heterocycles. The molecule has 0 fully saturated rings. The van der Waals surface area contributed by atoms with Gasteiger partial charge in [0.05, 0.1) is 18.4 Å². The molecule has 132 valence electrons. The number of ether oxygens (including phenoxy) is 1. The minimum Gasteiger partial charge on any atom is -0.495 e. The average molecular weight is 350 g/mol. The zero-order valence-electron chi connectivity index (χ0n) is 14.4. The van der Waals surface area contributed by atoms with Crippen LogP contribution < -0.4 is 15.4 Å². The van der Waals surface area contributed by atoms with Crippen LogP contribution in [0.2, 0.25) is 0 Å². The molecule has 7 heteroatoms. The highest BCUT2D eigenvalue weighted by Gasteiger charge is 2.07. The summed E-state index contributed by atoms with van der Waals surface area (Å²) in [5.41, 5.74) is 2.50. The lowest BCUT2D eigenvalue weighted by atomic mass is 10.2. The molecule has 0 bridgehead atoms. The molecule has 0 aliphatic carbocycles. The largest absolute Gasteiger partial charge is 0.495 e. The monoisotopic (exact) mass is 350 g/mol. The molecule has 0 unspecified atom stereocenters. The van der Waals surface area contributed by atoms with E-state index in [1.165, 1.54) is 12.1 Å². The van der Waals surface area contributed by atoms with Crippen molar-refractivity contribution in [3.8, 4) is 5.75 Å². The number of nitrogens with one attached hydrogen (secondary N) is 2. The van der Waals surface area contributed by atoms with Gasteiger partial charge in [0.15, 0.2) is 0 Å². The van der Waals surface area contributed by atoms with E-state index in [0.29, 0.717) is 17.5 Å². The van der Waals surface area contributed by atoms with Crippen molar-refractivity contribution in [2.24, 2.45) is 0 Å². The molecule has 0 aliphatic heterocycles. The summed E-state index contributed by atoms with van der Waals surface area (Å²) in [5, 5.41) is 15.3. The molecule has 0 saturated heterocycles. The number of rotatable bonds is 6. The number of carbonyl (C=O) groups is 1. The zero-order valence-corrected chi connectivity index (χ0v) is 14.4. The van der Waals surface area contributed by atoms with Gasteiger partial charge in [0.2, 0.25) is 5.95 Å². The molecule has 0 spiro atoms. The number of benzene rings is 2. The number of para-hydroxylation sites is 2. The van der Waals surface area contributed by atoms with Crippen molar-refractivity contribution in [1.82, 2.24) is 9.97 Å². The van der Waals surface area contributed by atoms with Gasteiger partial charge in [0.25, 0.3) is 0 Å². The summed E-state index contributed by atoms with van der Waals surface area (Å²) in [7, 11) is 1.60. The second-order valence-electron chi connectivity index (χ2n) is 5.55. The van der Waals surface area contributed by atoms with Crippen molar-refractivity contribution >= 4 is 29.1 Å². The molecule has 26 heavy (non-hydrogen) atoms. The van der Waals surface area contributed by atoms with E-state index in [0.717, 1.165) is 17.1 Å². The second-order valence-corrected chi connectivity index (χ2v) is 5.55. The number of carboxylic acid groups (broad SMARTS) is 1. The summed E-state index contributed by atoms with van der Waals surface area (Å²) in [6.45, 7) is 1.87. The van der Waals surface area contributed by atoms with Crippen LogP contribution in [-0.2, 0) is 0 Å². The molecular weight excluding hydrogens is 332 g/mol. The van der Waals surface area contributed by atoms with Gasteiger partial charge in [-0.25, -0.2) is 9.78 Å². The number of aromatic nitrogens is 2. The summed E-state index contributed by atoms with van der Waals surface area (Å²) >= 11 is 0. The predicted octanol–water partition coefficient (Wildman–Crippen LogP) is 3.98. The number of anilines is 4. The van der Waals surface area contributed by atoms with Gasteiger partial charge in [-0.05, 0) is 43.3 Å². The van der Waals surface area contributed by atoms with Crippen molar-refractivity contribution in [1.29, 1.82) is 0 Å². The van der Waals surface area contributed by atoms with Crippen molar-refractivity contribution in [3.05, 3.63) is 65.9 Å². The molecule has 3 rings (SSSR count). The molecule has 0 amide bonds. The van der Waals surface area contributed by atoms with Gasteiger partial charge in [-0.2, -0.15) is 4.98 Å². The van der Waals surface area contributed by atoms with Gasteiger partial charge in [-0.1, -0.05) is 12.1 Å². The van der Waals surface area contributed by atoms with Crippen molar-refractivity contribution < 1.29 is 14.6 Å². The number of aryl methyl sites for hydroxylation is 1. The van der Waals surface area contributed by atoms with Crippen LogP contribution in [0.25, 0.3) is 0 Å². The second kappa shape index (κ2) is 7.52. The van der Waals surface area contributed by atoms with Crippen LogP contribution in [0.1, 0.15) is 16.1 Å². The fourth-order valence-electron chi connectivity index (χ4n) is 2.40. The highest BCUT2D eigenvalue weighted by atomic mass is 16.5. The summed E-state index contributed by atoms with van der Waals surface area (Å²) in [4.78, 5) is 19.8. The number of hydrogen-bond acceptors (Lipinski definition) is 6. The Balaban J connectivity index is 1.82. The number of methoxy groups -OCH3 is 1. The normalized spacial score (nSPS) is 10.2. The van der Waals surface area contributed by atoms with Gasteiger partial charge >= 0.3 is 5.97 Å². The van der Waals surface area contributed by atoms with Crippen molar-refractivity contribution in [2.75, 3.05) is 17.7 Å². The van der Waals surface area contributed by atoms with E-state index in [1.54, 1.807) is 25.3 Å². The average Bonchev–Trinajstić information content (AvgIpc) is 2.62. The molecule has 7 nitrogen and oxygen atoms in total. The van der Waals surface area contributed by atoms with E-state index in [9.17, 15) is 4.79 Å². The lowest BCUT2D eigenvalue weighted by molar-refractivity contribution is 0.0697. The van der Waals surface area contributed by atoms with E-state index in [2.05, 4.69) is 20.6 Å². The number of aromatic carboxylic acids is 1. The number of nitrogens with zero attached hydrogens (tertiary/aromatic N) is 2. The number of carboxylic acids is 1. The van der Waals surface area contributed by atoms with Gasteiger partial charge < -0.3 is 20.5 Å². The van der Waals surface area contributed by atoms with Gasteiger partial charge in [-0.3, -0.25) is 0 Å². The van der Waals surface area contributed by atoms with Crippen LogP contribution in [0.15, 0.2) is 54.6 Å². The first-order valence-electron chi connectivity index (χ1n) is 7.91. The topological polar surface area (TPSA) is 96.4 Å². The van der Waals surface area contributed by atoms with Gasteiger partial charge in [0, 0.05) is 17.4 Å². The third kappa shape index (κ3) is 4.07. The van der Waals surface area contributed by atoms with Crippen LogP contribution in [0, 0.1) is 6.92 Å². The van der Waals surface area contributed by atoms with Crippen LogP contribution in [-0.4, -0.2) is 28.2 Å². The maximum absolute atomic E-state index is 10.9. The molecule has 3 aromatic rings. The lowest BCUT2D eigenvalue weighted by Crippen LogP contribution is -2.03. The van der Waals surface area contributed by atoms with Gasteiger partial charge in [0.1, 0.15) is 11.6 Å². The maximum Gasteiger partial charge on any atom is 0.335 e. The zero-order chi connectivity index (χ0) is 18.5. The number of hydrogen-bond donors (Lipinski definition) is 3. The molecule has 3 N–H and O–H groups in total. The Labute approximate surface area is 150 Å². The first-order valence-corrected chi connectivity index (χ1v) is 7.91. The van der Waals surface area contributed by atoms with E-state index >= 15 is 0 Å². The quantitative estimate of drug-likeness (QED) is 0.619. The minimum absolute atomic E-state index is 0.230. The highest BCUT2D eigenvalue weighted by molar-refractivity contribution is 5.88. The third-order valence-corrected chi connectivity index (χ3v) is 3.61. The van der Waals surface area contributed by atoms with E-state index < -0.39 is 5.97 Å². The fourth-order valence-corrected chi connectivity index (χ4v) is 2.40. The summed E-state index contributed by atoms with van der Waals surface area (Å²) in [6, 6.07) is 15.8. The first-order chi connectivity index (χ1) is 12.5. The maximum atomic E-state index is 10.9. The highest BCUT2D eigenvalue weighted by Crippen LogP contribution is 2.26. The Morgan fingerprint density at radius 2 is 1.77 bits per heavy atom. The Hall–Kier alpha value is -3.61. The van der Waals surface area contributed by atoms with E-state index in [-0.39, 0.29) is 5.56 Å². The van der Waals surface area contributed by atoms with Crippen molar-refractivity contribution in [3.63, 3.8) is 0 Å². The SMILES string of the molecule is COc1ccccc1Nc1nc(C)cc(Nc2ccc(C(=O)O)cc2)n1. The van der Waals surface area contributed by atoms with E-state index in [1.807, 2.05) is 31.2 Å². The Kier molecular flexibility index (Phi) is 4.98. The Morgan fingerprint density at radius 3 is 2.46 bits per heavy atom.